The lowest BCUT2D eigenvalue weighted by Crippen LogP contribution is -2.46. The van der Waals surface area contributed by atoms with E-state index in [1.807, 2.05) is 0 Å². The molecule has 0 amide bonds. The van der Waals surface area contributed by atoms with E-state index in [2.05, 4.69) is 118 Å². The highest BCUT2D eigenvalue weighted by Gasteiger charge is 2.32. The van der Waals surface area contributed by atoms with Gasteiger partial charge in [-0.3, -0.25) is 0 Å². The van der Waals surface area contributed by atoms with Crippen molar-refractivity contribution in [2.75, 3.05) is 24.9 Å². The van der Waals surface area contributed by atoms with Crippen LogP contribution in [0, 0.1) is 0 Å². The summed E-state index contributed by atoms with van der Waals surface area (Å²) in [7, 11) is -9.21. The molecular weight excluding hydrogens is 549 g/mol. The van der Waals surface area contributed by atoms with Crippen molar-refractivity contribution in [2.45, 2.75) is 130 Å². The molecule has 0 aromatic heterocycles. The van der Waals surface area contributed by atoms with Crippen LogP contribution < -0.4 is 0 Å². The molecule has 0 unspecified atom stereocenters. The summed E-state index contributed by atoms with van der Waals surface area (Å²) in [4.78, 5) is 0. The van der Waals surface area contributed by atoms with Crippen LogP contribution in [-0.4, -0.2) is 82.4 Å². The Morgan fingerprint density at radius 1 is 0.314 bits per heavy atom. The van der Waals surface area contributed by atoms with E-state index in [1.165, 1.54) is 12.1 Å². The summed E-state index contributed by atoms with van der Waals surface area (Å²) in [5.74, 6) is 0. The van der Waals surface area contributed by atoms with Crippen LogP contribution in [0.3, 0.4) is 0 Å². The van der Waals surface area contributed by atoms with E-state index in [-0.39, 0.29) is 0 Å². The Morgan fingerprint density at radius 3 is 0.914 bits per heavy atom. The zero-order chi connectivity index (χ0) is 28.6. The first-order valence-corrected chi connectivity index (χ1v) is 37.5. The van der Waals surface area contributed by atoms with Gasteiger partial charge in [-0.05, 0) is 65.0 Å². The Balaban J connectivity index is 0. The van der Waals surface area contributed by atoms with Gasteiger partial charge in [-0.15, -0.1) is 0 Å². The van der Waals surface area contributed by atoms with Gasteiger partial charge in [0.25, 0.3) is 0 Å². The van der Waals surface area contributed by atoms with Crippen molar-refractivity contribution in [1.29, 1.82) is 0 Å². The molecule has 0 atom stereocenters. The molecule has 0 aromatic rings. The number of rotatable bonds is 15. The van der Waals surface area contributed by atoms with Gasteiger partial charge in [-0.2, -0.15) is 0 Å². The lowest BCUT2D eigenvalue weighted by Gasteiger charge is -2.32. The van der Waals surface area contributed by atoms with Crippen molar-refractivity contribution in [1.82, 2.24) is 0 Å². The Kier molecular flexibility index (Phi) is 16.1. The quantitative estimate of drug-likeness (QED) is 0.173. The summed E-state index contributed by atoms with van der Waals surface area (Å²) >= 11 is 0. The molecule has 0 heterocycles. The molecule has 11 heteroatoms. The smallest absolute Gasteiger partial charge is 0.210 e. The standard InChI is InChI=1S/C14H38O2Si4.C10H28O2Si3/c1-17(2,3)11-12-19(7,8)16-14-20(9,10)15-13-18(4,5)6;1-13(2,3)9-12-15(7,8)10-11-14(4,5)6/h11-14H2,1-10H3;9-10H2,1-8H3. The third kappa shape index (κ3) is 29.8. The minimum Gasteiger partial charge on any atom is -0.418 e. The van der Waals surface area contributed by atoms with Gasteiger partial charge >= 0.3 is 0 Å². The van der Waals surface area contributed by atoms with Gasteiger partial charge in [-0.1, -0.05) is 65.0 Å². The summed E-state index contributed by atoms with van der Waals surface area (Å²) in [5.41, 5.74) is 0. The Hall–Kier alpha value is 1.36. The van der Waals surface area contributed by atoms with Crippen LogP contribution in [0.2, 0.25) is 130 Å². The van der Waals surface area contributed by atoms with E-state index in [0.29, 0.717) is 0 Å². The highest BCUT2D eigenvalue weighted by molar-refractivity contribution is 6.81. The van der Waals surface area contributed by atoms with Crippen LogP contribution in [0.1, 0.15) is 0 Å². The minimum atomic E-state index is -1.64. The normalized spacial score (nSPS) is 14.6. The van der Waals surface area contributed by atoms with Gasteiger partial charge in [0.05, 0.1) is 28.6 Å². The van der Waals surface area contributed by atoms with E-state index in [4.69, 9.17) is 17.7 Å². The van der Waals surface area contributed by atoms with Crippen molar-refractivity contribution >= 4 is 57.5 Å². The van der Waals surface area contributed by atoms with Crippen LogP contribution in [-0.2, 0) is 17.7 Å². The molecule has 0 rings (SSSR count). The van der Waals surface area contributed by atoms with Crippen molar-refractivity contribution in [3.05, 3.63) is 0 Å². The molecular formula is C24H66O4Si7. The molecule has 35 heavy (non-hydrogen) atoms. The van der Waals surface area contributed by atoms with Crippen LogP contribution in [0.15, 0.2) is 0 Å². The van der Waals surface area contributed by atoms with E-state index in [9.17, 15) is 0 Å². The number of hydrogen-bond acceptors (Lipinski definition) is 4. The predicted octanol–water partition coefficient (Wildman–Crippen LogP) is 8.66. The molecule has 0 saturated heterocycles. The topological polar surface area (TPSA) is 36.9 Å². The first-order valence-electron chi connectivity index (χ1n) is 13.6. The molecule has 214 valence electrons. The third-order valence-electron chi connectivity index (χ3n) is 4.93. The second-order valence-corrected chi connectivity index (χ2v) is 50.2. The highest BCUT2D eigenvalue weighted by Crippen LogP contribution is 2.22. The molecule has 0 aliphatic rings. The summed E-state index contributed by atoms with van der Waals surface area (Å²) in [6, 6.07) is 2.70. The predicted molar refractivity (Wildman–Crippen MR) is 179 cm³/mol. The van der Waals surface area contributed by atoms with Gasteiger partial charge in [0, 0.05) is 20.5 Å². The number of hydrogen-bond donors (Lipinski definition) is 0. The van der Waals surface area contributed by atoms with Crippen LogP contribution in [0.5, 0.6) is 0 Å². The lowest BCUT2D eigenvalue weighted by atomic mass is 10.9. The SMILES string of the molecule is C[Si](C)(C)CC[Si](C)(C)OC[Si](C)(C)OC[Si](C)(C)C.C[Si](C)(C)CO[Si](C)(C)CO[Si](C)(C)C. The second-order valence-electron chi connectivity index (χ2n) is 16.7. The van der Waals surface area contributed by atoms with Gasteiger partial charge < -0.3 is 17.7 Å². The highest BCUT2D eigenvalue weighted by atomic mass is 28.4. The van der Waals surface area contributed by atoms with Gasteiger partial charge in [0.15, 0.2) is 16.6 Å². The van der Waals surface area contributed by atoms with Crippen molar-refractivity contribution in [3.63, 3.8) is 0 Å². The molecule has 0 spiro atoms. The zero-order valence-corrected chi connectivity index (χ0v) is 34.4. The molecule has 0 aliphatic carbocycles. The third-order valence-corrected chi connectivity index (χ3v) is 17.3. The average molecular weight is 615 g/mol. The minimum absolute atomic E-state index is 0.854. The second kappa shape index (κ2) is 14.7. The molecule has 0 aromatic carbocycles. The molecule has 0 fully saturated rings. The fourth-order valence-electron chi connectivity index (χ4n) is 2.41. The van der Waals surface area contributed by atoms with Crippen LogP contribution in [0.4, 0.5) is 0 Å². The largest absolute Gasteiger partial charge is 0.418 e. The maximum Gasteiger partial charge on any atom is 0.210 e. The monoisotopic (exact) mass is 614 g/mol. The fourth-order valence-corrected chi connectivity index (χ4v) is 20.8. The maximum atomic E-state index is 6.37. The maximum absolute atomic E-state index is 6.37. The summed E-state index contributed by atoms with van der Waals surface area (Å²) < 4.78 is 24.6. The molecule has 0 radical (unpaired) electrons. The summed E-state index contributed by atoms with van der Waals surface area (Å²) in [6.45, 7) is 42.0. The van der Waals surface area contributed by atoms with Crippen molar-refractivity contribution < 1.29 is 17.7 Å². The lowest BCUT2D eigenvalue weighted by molar-refractivity contribution is 0.299. The zero-order valence-electron chi connectivity index (χ0n) is 27.4. The molecule has 0 saturated carbocycles. The summed E-state index contributed by atoms with van der Waals surface area (Å²) in [6.07, 6.45) is 3.68. The van der Waals surface area contributed by atoms with Crippen molar-refractivity contribution in [3.8, 4) is 0 Å². The Morgan fingerprint density at radius 2 is 0.629 bits per heavy atom. The molecule has 4 nitrogen and oxygen atoms in total. The van der Waals surface area contributed by atoms with Crippen LogP contribution >= 0.6 is 0 Å². The van der Waals surface area contributed by atoms with E-state index in [1.54, 1.807) is 0 Å². The van der Waals surface area contributed by atoms with E-state index in [0.717, 1.165) is 24.9 Å². The Bertz CT molecular complexity index is 535. The Labute approximate surface area is 229 Å². The van der Waals surface area contributed by atoms with E-state index < -0.39 is 57.5 Å². The van der Waals surface area contributed by atoms with Crippen molar-refractivity contribution in [2.24, 2.45) is 0 Å². The first-order chi connectivity index (χ1) is 15.0. The summed E-state index contributed by atoms with van der Waals surface area (Å²) in [5, 5.41) is 0. The van der Waals surface area contributed by atoms with E-state index >= 15 is 0 Å². The molecule has 0 bridgehead atoms. The fraction of sp³-hybridized carbons (Fsp3) is 1.00. The average Bonchev–Trinajstić information content (AvgIpc) is 2.59. The van der Waals surface area contributed by atoms with Gasteiger partial charge in [0.2, 0.25) is 16.6 Å². The van der Waals surface area contributed by atoms with Gasteiger partial charge in [-0.25, -0.2) is 0 Å². The van der Waals surface area contributed by atoms with Crippen LogP contribution in [0.25, 0.3) is 0 Å². The first kappa shape index (κ1) is 38.5. The van der Waals surface area contributed by atoms with Gasteiger partial charge in [0.1, 0.15) is 0 Å². The molecule has 0 aliphatic heterocycles. The molecule has 0 N–H and O–H groups in total.